The van der Waals surface area contributed by atoms with Crippen molar-refractivity contribution in [2.75, 3.05) is 5.32 Å². The fourth-order valence-electron chi connectivity index (χ4n) is 3.54. The van der Waals surface area contributed by atoms with Crippen molar-refractivity contribution in [3.63, 3.8) is 0 Å². The number of anilines is 1. The fraction of sp³-hybridized carbons (Fsp3) is 0.111. The molecular weight excluding hydrogens is 244 g/mol. The van der Waals surface area contributed by atoms with Crippen LogP contribution in [-0.2, 0) is 0 Å². The van der Waals surface area contributed by atoms with Gasteiger partial charge in [-0.15, -0.1) is 0 Å². The number of hydrogen-bond acceptors (Lipinski definition) is 1. The summed E-state index contributed by atoms with van der Waals surface area (Å²) >= 11 is 0. The van der Waals surface area contributed by atoms with E-state index in [1.807, 2.05) is 0 Å². The highest BCUT2D eigenvalue weighted by Gasteiger charge is 2.30. The Morgan fingerprint density at radius 3 is 2.75 bits per heavy atom. The van der Waals surface area contributed by atoms with Crippen molar-refractivity contribution in [1.82, 2.24) is 4.98 Å². The molecule has 2 unspecified atom stereocenters. The van der Waals surface area contributed by atoms with Crippen LogP contribution in [-0.4, -0.2) is 11.0 Å². The Morgan fingerprint density at radius 1 is 0.850 bits per heavy atom. The van der Waals surface area contributed by atoms with Gasteiger partial charge in [0, 0.05) is 33.4 Å². The van der Waals surface area contributed by atoms with Crippen molar-refractivity contribution >= 4 is 27.5 Å². The minimum atomic E-state index is 0.410. The van der Waals surface area contributed by atoms with Crippen molar-refractivity contribution in [2.24, 2.45) is 0 Å². The van der Waals surface area contributed by atoms with E-state index in [1.165, 1.54) is 33.1 Å². The molecule has 2 nitrogen and oxygen atoms in total. The summed E-state index contributed by atoms with van der Waals surface area (Å²) in [7, 11) is 0. The third-order valence-corrected chi connectivity index (χ3v) is 4.49. The second-order valence-corrected chi connectivity index (χ2v) is 5.62. The first-order valence-corrected chi connectivity index (χ1v) is 7.06. The lowest BCUT2D eigenvalue weighted by atomic mass is 9.91. The number of hydrogen-bond donors (Lipinski definition) is 2. The van der Waals surface area contributed by atoms with Crippen LogP contribution < -0.4 is 5.32 Å². The van der Waals surface area contributed by atoms with E-state index in [9.17, 15) is 0 Å². The summed E-state index contributed by atoms with van der Waals surface area (Å²) in [6, 6.07) is 13.5. The molecule has 5 rings (SSSR count). The molecular formula is C18H14N2. The van der Waals surface area contributed by atoms with E-state index in [2.05, 4.69) is 71.0 Å². The summed E-state index contributed by atoms with van der Waals surface area (Å²) in [5.74, 6) is 0.464. The van der Waals surface area contributed by atoms with Crippen LogP contribution in [0.1, 0.15) is 11.5 Å². The van der Waals surface area contributed by atoms with Gasteiger partial charge in [0.25, 0.3) is 0 Å². The molecule has 2 N–H and O–H groups in total. The van der Waals surface area contributed by atoms with Crippen LogP contribution in [0.2, 0.25) is 0 Å². The second-order valence-electron chi connectivity index (χ2n) is 5.62. The predicted molar refractivity (Wildman–Crippen MR) is 84.2 cm³/mol. The highest BCUT2D eigenvalue weighted by Crippen LogP contribution is 2.42. The van der Waals surface area contributed by atoms with E-state index in [-0.39, 0.29) is 0 Å². The quantitative estimate of drug-likeness (QED) is 0.617. The summed E-state index contributed by atoms with van der Waals surface area (Å²) in [5, 5.41) is 6.23. The first kappa shape index (κ1) is 10.3. The molecule has 1 aromatic heterocycles. The van der Waals surface area contributed by atoms with Crippen molar-refractivity contribution in [3.8, 4) is 0 Å². The Balaban J connectivity index is 1.82. The highest BCUT2D eigenvalue weighted by atomic mass is 15.0. The van der Waals surface area contributed by atoms with Gasteiger partial charge < -0.3 is 10.3 Å². The molecule has 20 heavy (non-hydrogen) atoms. The molecule has 3 aromatic rings. The molecule has 2 aromatic carbocycles. The van der Waals surface area contributed by atoms with E-state index < -0.39 is 0 Å². The zero-order valence-corrected chi connectivity index (χ0v) is 10.9. The van der Waals surface area contributed by atoms with Crippen molar-refractivity contribution in [1.29, 1.82) is 0 Å². The van der Waals surface area contributed by atoms with Gasteiger partial charge in [-0.2, -0.15) is 0 Å². The van der Waals surface area contributed by atoms with Crippen LogP contribution in [0.3, 0.4) is 0 Å². The summed E-state index contributed by atoms with van der Waals surface area (Å²) in [5.41, 5.74) is 5.11. The molecule has 0 fully saturated rings. The number of H-pyrrole nitrogens is 1. The first-order valence-electron chi connectivity index (χ1n) is 7.06. The predicted octanol–water partition coefficient (Wildman–Crippen LogP) is 4.32. The second kappa shape index (κ2) is 3.54. The van der Waals surface area contributed by atoms with Gasteiger partial charge in [0.2, 0.25) is 0 Å². The number of para-hydroxylation sites is 1. The maximum atomic E-state index is 3.63. The third-order valence-electron chi connectivity index (χ3n) is 4.49. The molecule has 1 aliphatic heterocycles. The highest BCUT2D eigenvalue weighted by molar-refractivity contribution is 6.09. The number of aromatic nitrogens is 1. The zero-order chi connectivity index (χ0) is 13.1. The molecule has 0 radical (unpaired) electrons. The molecule has 0 amide bonds. The molecule has 0 spiro atoms. The van der Waals surface area contributed by atoms with Crippen molar-refractivity contribution in [3.05, 3.63) is 66.3 Å². The Bertz CT molecular complexity index is 898. The fourth-order valence-corrected chi connectivity index (χ4v) is 3.54. The van der Waals surface area contributed by atoms with Gasteiger partial charge in [-0.25, -0.2) is 0 Å². The summed E-state index contributed by atoms with van der Waals surface area (Å²) in [4.78, 5) is 3.53. The zero-order valence-electron chi connectivity index (χ0n) is 10.9. The van der Waals surface area contributed by atoms with Crippen molar-refractivity contribution in [2.45, 2.75) is 12.0 Å². The molecule has 0 bridgehead atoms. The lowest BCUT2D eigenvalue weighted by Gasteiger charge is -2.15. The molecule has 2 heterocycles. The van der Waals surface area contributed by atoms with Crippen LogP contribution in [0.4, 0.5) is 5.69 Å². The summed E-state index contributed by atoms with van der Waals surface area (Å²) < 4.78 is 0. The maximum absolute atomic E-state index is 3.63. The summed E-state index contributed by atoms with van der Waals surface area (Å²) in [6.07, 6.45) is 8.81. The van der Waals surface area contributed by atoms with E-state index in [4.69, 9.17) is 0 Å². The maximum Gasteiger partial charge on any atom is 0.0551 e. The number of benzene rings is 2. The molecule has 2 heteroatoms. The molecule has 1 aliphatic carbocycles. The van der Waals surface area contributed by atoms with Crippen LogP contribution in [0.15, 0.2) is 60.7 Å². The minimum Gasteiger partial charge on any atom is -0.378 e. The summed E-state index contributed by atoms with van der Waals surface area (Å²) in [6.45, 7) is 0. The number of fused-ring (bicyclic) bond motifs is 6. The average molecular weight is 258 g/mol. The van der Waals surface area contributed by atoms with Gasteiger partial charge in [-0.05, 0) is 23.8 Å². The Hall–Kier alpha value is -2.48. The molecule has 0 saturated carbocycles. The Morgan fingerprint density at radius 2 is 1.75 bits per heavy atom. The first-order chi connectivity index (χ1) is 9.90. The monoisotopic (exact) mass is 258 g/mol. The van der Waals surface area contributed by atoms with Gasteiger partial charge in [0.1, 0.15) is 0 Å². The lowest BCUT2D eigenvalue weighted by molar-refractivity contribution is 0.805. The van der Waals surface area contributed by atoms with E-state index in [0.29, 0.717) is 12.0 Å². The van der Waals surface area contributed by atoms with Crippen LogP contribution >= 0.6 is 0 Å². The Labute approximate surface area is 116 Å². The average Bonchev–Trinajstić information content (AvgIpc) is 3.02. The molecule has 96 valence electrons. The Kier molecular flexibility index (Phi) is 1.83. The standard InChI is InChI=1S/C18H14N2/c1-3-7-15-11(5-1)13-9-18-14(10-17(13)19-15)12-6-2-4-8-16(12)20-18/h1-11,15,19-20H. The normalized spacial score (nSPS) is 23.0. The molecule has 2 aliphatic rings. The SMILES string of the molecule is C1=CC2Nc3cc4c(cc3C2C=C1)[nH]c1ccccc14. The number of aromatic amines is 1. The molecule has 0 saturated heterocycles. The number of allylic oxidation sites excluding steroid dienone is 2. The van der Waals surface area contributed by atoms with Crippen LogP contribution in [0.25, 0.3) is 21.8 Å². The van der Waals surface area contributed by atoms with E-state index >= 15 is 0 Å². The lowest BCUT2D eigenvalue weighted by Crippen LogP contribution is -2.17. The van der Waals surface area contributed by atoms with Gasteiger partial charge in [0.15, 0.2) is 0 Å². The van der Waals surface area contributed by atoms with E-state index in [0.717, 1.165) is 0 Å². The smallest absolute Gasteiger partial charge is 0.0551 e. The van der Waals surface area contributed by atoms with Crippen LogP contribution in [0.5, 0.6) is 0 Å². The number of nitrogens with one attached hydrogen (secondary N) is 2. The topological polar surface area (TPSA) is 27.8 Å². The minimum absolute atomic E-state index is 0.410. The largest absolute Gasteiger partial charge is 0.378 e. The van der Waals surface area contributed by atoms with Gasteiger partial charge in [-0.1, -0.05) is 42.5 Å². The van der Waals surface area contributed by atoms with Gasteiger partial charge in [0.05, 0.1) is 6.04 Å². The van der Waals surface area contributed by atoms with Gasteiger partial charge >= 0.3 is 0 Å². The van der Waals surface area contributed by atoms with Crippen molar-refractivity contribution < 1.29 is 0 Å². The van der Waals surface area contributed by atoms with Gasteiger partial charge in [-0.3, -0.25) is 0 Å². The number of rotatable bonds is 0. The van der Waals surface area contributed by atoms with E-state index in [1.54, 1.807) is 0 Å². The van der Waals surface area contributed by atoms with Crippen LogP contribution in [0, 0.1) is 0 Å². The third kappa shape index (κ3) is 1.23. The molecule has 2 atom stereocenters.